The molecule has 2 rings (SSSR count). The molecular weight excluding hydrogens is 316 g/mol. The van der Waals surface area contributed by atoms with Gasteiger partial charge in [0.2, 0.25) is 0 Å². The van der Waals surface area contributed by atoms with Crippen molar-refractivity contribution in [1.29, 1.82) is 0 Å². The van der Waals surface area contributed by atoms with Gasteiger partial charge >= 0.3 is 0 Å². The minimum absolute atomic E-state index is 0.00411. The molecule has 0 saturated heterocycles. The molecule has 24 heavy (non-hydrogen) atoms. The zero-order chi connectivity index (χ0) is 18.1. The number of aromatic hydroxyl groups is 3. The van der Waals surface area contributed by atoms with Crippen molar-refractivity contribution >= 4 is 12.9 Å². The zero-order valence-electron chi connectivity index (χ0n) is 13.0. The number of nitrogens with zero attached hydrogens (tertiary/aromatic N) is 1. The van der Waals surface area contributed by atoms with Gasteiger partial charge in [-0.05, 0) is 36.4 Å². The van der Waals surface area contributed by atoms with Crippen LogP contribution in [0.4, 0.5) is 0 Å². The van der Waals surface area contributed by atoms with Crippen LogP contribution >= 0.6 is 0 Å². The molecule has 0 aromatic heterocycles. The van der Waals surface area contributed by atoms with E-state index in [4.69, 9.17) is 9.94 Å². The highest BCUT2D eigenvalue weighted by molar-refractivity contribution is 5.77. The number of hydrogen-bond donors (Lipinski definition) is 4. The molecule has 0 fully saturated rings. The molecule has 0 aliphatic carbocycles. The fourth-order valence-electron chi connectivity index (χ4n) is 1.83. The van der Waals surface area contributed by atoms with Crippen LogP contribution in [0.25, 0.3) is 0 Å². The lowest BCUT2D eigenvalue weighted by Gasteiger charge is -2.07. The molecular formula is C16H18N2O6. The number of phenols is 3. The topological polar surface area (TPSA) is 133 Å². The molecule has 4 N–H and O–H groups in total. The third-order valence-electron chi connectivity index (χ3n) is 2.88. The van der Waals surface area contributed by atoms with Crippen molar-refractivity contribution in [2.45, 2.75) is 6.54 Å². The van der Waals surface area contributed by atoms with Crippen LogP contribution < -0.4 is 9.89 Å². The monoisotopic (exact) mass is 334 g/mol. The van der Waals surface area contributed by atoms with Gasteiger partial charge in [-0.25, -0.2) is 9.89 Å². The van der Waals surface area contributed by atoms with Gasteiger partial charge in [-0.1, -0.05) is 0 Å². The van der Waals surface area contributed by atoms with Gasteiger partial charge < -0.3 is 30.5 Å². The Balaban J connectivity index is 0.000000891. The van der Waals surface area contributed by atoms with Crippen molar-refractivity contribution < 1.29 is 30.0 Å². The van der Waals surface area contributed by atoms with Crippen LogP contribution in [0.3, 0.4) is 0 Å². The molecule has 0 aliphatic heterocycles. The highest BCUT2D eigenvalue weighted by Gasteiger charge is 2.06. The fourth-order valence-corrected chi connectivity index (χ4v) is 1.83. The lowest BCUT2D eigenvalue weighted by Crippen LogP contribution is -2.56. The molecule has 0 radical (unpaired) electrons. The van der Waals surface area contributed by atoms with Gasteiger partial charge in [0.25, 0.3) is 0 Å². The lowest BCUT2D eigenvalue weighted by atomic mass is 10.2. The lowest BCUT2D eigenvalue weighted by molar-refractivity contribution is -0.469. The molecule has 128 valence electrons. The summed E-state index contributed by atoms with van der Waals surface area (Å²) in [4.78, 5) is 0. The second-order valence-corrected chi connectivity index (χ2v) is 4.60. The van der Waals surface area contributed by atoms with Crippen LogP contribution in [0.1, 0.15) is 11.1 Å². The molecule has 8 heteroatoms. The predicted molar refractivity (Wildman–Crippen MR) is 88.4 cm³/mol. The van der Waals surface area contributed by atoms with Crippen molar-refractivity contribution in [2.24, 2.45) is 0 Å². The Morgan fingerprint density at radius 1 is 1.12 bits per heavy atom. The number of ether oxygens (including phenoxy) is 1. The van der Waals surface area contributed by atoms with E-state index < -0.39 is 0 Å². The maximum absolute atomic E-state index is 11.9. The van der Waals surface area contributed by atoms with Crippen LogP contribution in [0.15, 0.2) is 36.4 Å². The van der Waals surface area contributed by atoms with Crippen LogP contribution in [0.5, 0.6) is 23.0 Å². The third kappa shape index (κ3) is 5.41. The fraction of sp³-hybridized carbons (Fsp3) is 0.125. The van der Waals surface area contributed by atoms with Crippen molar-refractivity contribution in [3.05, 3.63) is 57.9 Å². The molecule has 0 saturated carbocycles. The van der Waals surface area contributed by atoms with Gasteiger partial charge in [0, 0.05) is 11.1 Å². The Morgan fingerprint density at radius 3 is 2.33 bits per heavy atom. The number of hydroxylamine groups is 1. The molecule has 0 unspecified atom stereocenters. The summed E-state index contributed by atoms with van der Waals surface area (Å²) in [6, 6.07) is 8.75. The summed E-state index contributed by atoms with van der Waals surface area (Å²) >= 11 is 0. The molecule has 8 nitrogen and oxygen atoms in total. The quantitative estimate of drug-likeness (QED) is 0.208. The van der Waals surface area contributed by atoms with Gasteiger partial charge in [-0.3, -0.25) is 0 Å². The van der Waals surface area contributed by atoms with Crippen LogP contribution in [-0.4, -0.2) is 40.1 Å². The van der Waals surface area contributed by atoms with E-state index in [0.717, 1.165) is 0 Å². The first-order valence-electron chi connectivity index (χ1n) is 6.72. The highest BCUT2D eigenvalue weighted by Crippen LogP contribution is 2.26. The number of hydrogen-bond acceptors (Lipinski definition) is 6. The SMILES string of the molecule is C=[NH+][O-].COc1cc(/C=[N+](/[O-])Cc2ccc(O)c(O)c2)ccc1O. The first-order chi connectivity index (χ1) is 11.4. The number of rotatable bonds is 4. The second-order valence-electron chi connectivity index (χ2n) is 4.60. The number of benzene rings is 2. The Kier molecular flexibility index (Phi) is 6.90. The van der Waals surface area contributed by atoms with Crippen LogP contribution in [0, 0.1) is 10.4 Å². The summed E-state index contributed by atoms with van der Waals surface area (Å²) < 4.78 is 5.64. The van der Waals surface area contributed by atoms with E-state index in [1.54, 1.807) is 12.1 Å². The van der Waals surface area contributed by atoms with Crippen LogP contribution in [-0.2, 0) is 6.54 Å². The summed E-state index contributed by atoms with van der Waals surface area (Å²) in [7, 11) is 1.42. The van der Waals surface area contributed by atoms with Crippen molar-refractivity contribution in [2.75, 3.05) is 7.11 Å². The number of methoxy groups -OCH3 is 1. The zero-order valence-corrected chi connectivity index (χ0v) is 13.0. The highest BCUT2D eigenvalue weighted by atomic mass is 16.5. The largest absolute Gasteiger partial charge is 0.626 e. The van der Waals surface area contributed by atoms with E-state index >= 15 is 0 Å². The van der Waals surface area contributed by atoms with Crippen molar-refractivity contribution in [3.63, 3.8) is 0 Å². The van der Waals surface area contributed by atoms with Gasteiger partial charge in [0.15, 0.2) is 35.8 Å². The van der Waals surface area contributed by atoms with Gasteiger partial charge in [0.05, 0.1) is 7.11 Å². The first kappa shape index (κ1) is 18.6. The average Bonchev–Trinajstić information content (AvgIpc) is 2.53. The van der Waals surface area contributed by atoms with Gasteiger partial charge in [-0.2, -0.15) is 0 Å². The van der Waals surface area contributed by atoms with E-state index in [0.29, 0.717) is 15.9 Å². The van der Waals surface area contributed by atoms with Crippen molar-refractivity contribution in [1.82, 2.24) is 0 Å². The van der Waals surface area contributed by atoms with Gasteiger partial charge in [0.1, 0.15) is 6.72 Å². The van der Waals surface area contributed by atoms with E-state index in [9.17, 15) is 20.5 Å². The molecule has 0 amide bonds. The molecule has 0 bridgehead atoms. The van der Waals surface area contributed by atoms with E-state index in [-0.39, 0.29) is 29.5 Å². The number of phenolic OH excluding ortho intramolecular Hbond substituents is 3. The molecule has 0 atom stereocenters. The summed E-state index contributed by atoms with van der Waals surface area (Å²) in [5.74, 6) is -0.231. The summed E-state index contributed by atoms with van der Waals surface area (Å²) in [6.07, 6.45) is 1.34. The molecule has 2 aromatic carbocycles. The standard InChI is InChI=1S/C15H15NO5.CH3NO/c1-21-15-7-11(3-5-13(15)18)9-16(20)8-10-2-4-12(17)14(19)6-10;1-2-3/h2-7,9,17-19H,8H2,1H3;2H,1H2/b16-9+;. The molecule has 0 aliphatic rings. The Morgan fingerprint density at radius 2 is 1.75 bits per heavy atom. The Hall–Kier alpha value is -3.42. The van der Waals surface area contributed by atoms with E-state index in [1.165, 1.54) is 42.7 Å². The molecule has 0 heterocycles. The summed E-state index contributed by atoms with van der Waals surface area (Å²) in [5.41, 5.74) is 1.13. The van der Waals surface area contributed by atoms with Gasteiger partial charge in [-0.15, -0.1) is 0 Å². The van der Waals surface area contributed by atoms with E-state index in [2.05, 4.69) is 6.72 Å². The summed E-state index contributed by atoms with van der Waals surface area (Å²) in [6.45, 7) is 2.69. The van der Waals surface area contributed by atoms with E-state index in [1.807, 2.05) is 0 Å². The summed E-state index contributed by atoms with van der Waals surface area (Å²) in [5, 5.41) is 49.8. The van der Waals surface area contributed by atoms with Crippen molar-refractivity contribution in [3.8, 4) is 23.0 Å². The Labute approximate surface area is 138 Å². The first-order valence-corrected chi connectivity index (χ1v) is 6.72. The van der Waals surface area contributed by atoms with Crippen LogP contribution in [0.2, 0.25) is 0 Å². The smallest absolute Gasteiger partial charge is 0.182 e. The predicted octanol–water partition coefficient (Wildman–Crippen LogP) is 0.207. The number of nitrogens with one attached hydrogen (secondary N) is 1. The average molecular weight is 334 g/mol. The third-order valence-corrected chi connectivity index (χ3v) is 2.88. The molecule has 2 aromatic rings. The maximum atomic E-state index is 11.9. The maximum Gasteiger partial charge on any atom is 0.182 e. The Bertz CT molecular complexity index is 731. The normalized spacial score (nSPS) is 10.5. The second kappa shape index (κ2) is 8.89. The minimum Gasteiger partial charge on any atom is -0.626 e. The molecule has 0 spiro atoms. The minimum atomic E-state index is -0.271.